The van der Waals surface area contributed by atoms with Crippen molar-refractivity contribution >= 4 is 17.3 Å². The molecule has 2 fully saturated rings. The normalized spacial score (nSPS) is 23.4. The molecule has 1 atom stereocenters. The maximum absolute atomic E-state index is 10.8. The first-order valence-electron chi connectivity index (χ1n) is 8.04. The van der Waals surface area contributed by atoms with Gasteiger partial charge in [0, 0.05) is 17.3 Å². The second kappa shape index (κ2) is 6.44. The molecule has 1 aromatic heterocycles. The van der Waals surface area contributed by atoms with E-state index in [-0.39, 0.29) is 6.42 Å². The number of carboxylic acids is 1. The van der Waals surface area contributed by atoms with Crippen LogP contribution in [0.25, 0.3) is 0 Å². The minimum absolute atomic E-state index is 0.224. The van der Waals surface area contributed by atoms with Gasteiger partial charge in [-0.15, -0.1) is 11.3 Å². The molecule has 1 aromatic rings. The topological polar surface area (TPSA) is 53.4 Å². The van der Waals surface area contributed by atoms with Gasteiger partial charge in [-0.05, 0) is 44.6 Å². The highest BCUT2D eigenvalue weighted by molar-refractivity contribution is 7.11. The molecule has 21 heavy (non-hydrogen) atoms. The Morgan fingerprint density at radius 2 is 2.24 bits per heavy atom. The monoisotopic (exact) mass is 308 g/mol. The van der Waals surface area contributed by atoms with Crippen molar-refractivity contribution < 1.29 is 9.90 Å². The van der Waals surface area contributed by atoms with Gasteiger partial charge in [-0.1, -0.05) is 6.92 Å². The Hall–Kier alpha value is -0.940. The maximum Gasteiger partial charge on any atom is 0.303 e. The molecule has 0 amide bonds. The second-order valence-electron chi connectivity index (χ2n) is 6.57. The van der Waals surface area contributed by atoms with Crippen molar-refractivity contribution in [3.8, 4) is 0 Å². The lowest BCUT2D eigenvalue weighted by atomic mass is 10.0. The van der Waals surface area contributed by atoms with Gasteiger partial charge < -0.3 is 5.11 Å². The fourth-order valence-corrected chi connectivity index (χ4v) is 4.38. The third-order valence-electron chi connectivity index (χ3n) is 4.40. The van der Waals surface area contributed by atoms with Crippen molar-refractivity contribution in [1.29, 1.82) is 0 Å². The van der Waals surface area contributed by atoms with E-state index in [1.54, 1.807) is 11.3 Å². The Morgan fingerprint density at radius 3 is 2.90 bits per heavy atom. The summed E-state index contributed by atoms with van der Waals surface area (Å²) >= 11 is 1.75. The second-order valence-corrected chi connectivity index (χ2v) is 7.73. The number of hydrogen-bond acceptors (Lipinski definition) is 4. The van der Waals surface area contributed by atoms with Crippen LogP contribution in [0.2, 0.25) is 0 Å². The number of aromatic nitrogens is 1. The summed E-state index contributed by atoms with van der Waals surface area (Å²) in [4.78, 5) is 19.4. The Bertz CT molecular complexity index is 510. The summed E-state index contributed by atoms with van der Waals surface area (Å²) in [5.74, 6) is 0.684. The zero-order chi connectivity index (χ0) is 14.8. The summed E-state index contributed by atoms with van der Waals surface area (Å²) in [7, 11) is 0. The number of nitrogens with zero attached hydrogens (tertiary/aromatic N) is 2. The first kappa shape index (κ1) is 15.0. The summed E-state index contributed by atoms with van der Waals surface area (Å²) in [5.41, 5.74) is 1.21. The minimum atomic E-state index is -0.712. The molecule has 0 spiro atoms. The van der Waals surface area contributed by atoms with Gasteiger partial charge in [0.15, 0.2) is 0 Å². The van der Waals surface area contributed by atoms with Crippen LogP contribution in [0, 0.1) is 5.92 Å². The highest BCUT2D eigenvalue weighted by Gasteiger charge is 2.30. The largest absolute Gasteiger partial charge is 0.481 e. The van der Waals surface area contributed by atoms with Gasteiger partial charge in [-0.3, -0.25) is 9.69 Å². The third-order valence-corrected chi connectivity index (χ3v) is 5.52. The van der Waals surface area contributed by atoms with E-state index in [1.165, 1.54) is 54.4 Å². The predicted molar refractivity (Wildman–Crippen MR) is 83.7 cm³/mol. The molecule has 0 radical (unpaired) electrons. The average Bonchev–Trinajstić information content (AvgIpc) is 3.19. The smallest absolute Gasteiger partial charge is 0.303 e. The number of rotatable bonds is 6. The molecule has 0 bridgehead atoms. The van der Waals surface area contributed by atoms with Crippen LogP contribution in [0.4, 0.5) is 0 Å². The molecule has 2 aliphatic rings. The van der Waals surface area contributed by atoms with Gasteiger partial charge >= 0.3 is 5.97 Å². The summed E-state index contributed by atoms with van der Waals surface area (Å²) in [5, 5.41) is 10.1. The standard InChI is InChI=1S/C16H24N2O2S/c1-11-3-2-8-18(9-11)10-14-17-16(12-4-5-12)13(21-14)6-7-15(19)20/h11-12H,2-10H2,1H3,(H,19,20). The predicted octanol–water partition coefficient (Wildman–Crippen LogP) is 3.27. The van der Waals surface area contributed by atoms with Crippen LogP contribution in [0.15, 0.2) is 0 Å². The van der Waals surface area contributed by atoms with Crippen molar-refractivity contribution in [3.63, 3.8) is 0 Å². The lowest BCUT2D eigenvalue weighted by Gasteiger charge is -2.29. The number of aliphatic carboxylic acids is 1. The summed E-state index contributed by atoms with van der Waals surface area (Å²) in [6.07, 6.45) is 5.95. The fraction of sp³-hybridized carbons (Fsp3) is 0.750. The van der Waals surface area contributed by atoms with Crippen LogP contribution in [0.3, 0.4) is 0 Å². The molecule has 1 saturated heterocycles. The van der Waals surface area contributed by atoms with Crippen molar-refractivity contribution in [2.45, 2.75) is 57.9 Å². The molecule has 1 unspecified atom stereocenters. The quantitative estimate of drug-likeness (QED) is 0.876. The molecule has 1 aliphatic carbocycles. The molecular weight excluding hydrogens is 284 g/mol. The van der Waals surface area contributed by atoms with E-state index >= 15 is 0 Å². The van der Waals surface area contributed by atoms with E-state index in [2.05, 4.69) is 11.8 Å². The van der Waals surface area contributed by atoms with E-state index < -0.39 is 5.97 Å². The van der Waals surface area contributed by atoms with Crippen LogP contribution >= 0.6 is 11.3 Å². The highest BCUT2D eigenvalue weighted by atomic mass is 32.1. The van der Waals surface area contributed by atoms with Crippen molar-refractivity contribution in [1.82, 2.24) is 9.88 Å². The molecule has 1 N–H and O–H groups in total. The number of carboxylic acid groups (broad SMARTS) is 1. The number of likely N-dealkylation sites (tertiary alicyclic amines) is 1. The zero-order valence-corrected chi connectivity index (χ0v) is 13.5. The summed E-state index contributed by atoms with van der Waals surface area (Å²) in [6, 6.07) is 0. The van der Waals surface area contributed by atoms with E-state index in [0.717, 1.165) is 12.5 Å². The number of carbonyl (C=O) groups is 1. The van der Waals surface area contributed by atoms with Gasteiger partial charge in [0.25, 0.3) is 0 Å². The number of aryl methyl sites for hydroxylation is 1. The van der Waals surface area contributed by atoms with E-state index in [0.29, 0.717) is 12.3 Å². The molecule has 1 aliphatic heterocycles. The summed E-state index contributed by atoms with van der Waals surface area (Å²) in [6.45, 7) is 5.61. The molecule has 116 valence electrons. The highest BCUT2D eigenvalue weighted by Crippen LogP contribution is 2.43. The van der Waals surface area contributed by atoms with Crippen molar-refractivity contribution in [2.24, 2.45) is 5.92 Å². The lowest BCUT2D eigenvalue weighted by molar-refractivity contribution is -0.136. The maximum atomic E-state index is 10.8. The van der Waals surface area contributed by atoms with Gasteiger partial charge in [-0.25, -0.2) is 4.98 Å². The number of thiazole rings is 1. The van der Waals surface area contributed by atoms with Crippen LogP contribution in [0.1, 0.15) is 60.5 Å². The molecule has 2 heterocycles. The van der Waals surface area contributed by atoms with Gasteiger partial charge in [0.05, 0.1) is 18.7 Å². The van der Waals surface area contributed by atoms with Crippen molar-refractivity contribution in [3.05, 3.63) is 15.6 Å². The lowest BCUT2D eigenvalue weighted by Crippen LogP contribution is -2.33. The first-order valence-corrected chi connectivity index (χ1v) is 8.86. The SMILES string of the molecule is CC1CCCN(Cc2nc(C3CC3)c(CCC(=O)O)s2)C1. The Kier molecular flexibility index (Phi) is 4.60. The molecular formula is C16H24N2O2S. The van der Waals surface area contributed by atoms with Crippen molar-refractivity contribution in [2.75, 3.05) is 13.1 Å². The minimum Gasteiger partial charge on any atom is -0.481 e. The van der Waals surface area contributed by atoms with Gasteiger partial charge in [0.2, 0.25) is 0 Å². The zero-order valence-electron chi connectivity index (χ0n) is 12.7. The Balaban J connectivity index is 1.67. The molecule has 3 rings (SSSR count). The number of hydrogen-bond donors (Lipinski definition) is 1. The molecule has 0 aromatic carbocycles. The molecule has 5 heteroatoms. The molecule has 4 nitrogen and oxygen atoms in total. The van der Waals surface area contributed by atoms with E-state index in [4.69, 9.17) is 10.1 Å². The van der Waals surface area contributed by atoms with E-state index in [1.807, 2.05) is 0 Å². The van der Waals surface area contributed by atoms with Crippen LogP contribution < -0.4 is 0 Å². The first-order chi connectivity index (χ1) is 10.1. The van der Waals surface area contributed by atoms with Crippen LogP contribution in [-0.2, 0) is 17.8 Å². The van der Waals surface area contributed by atoms with Gasteiger partial charge in [0.1, 0.15) is 5.01 Å². The Morgan fingerprint density at radius 1 is 1.43 bits per heavy atom. The van der Waals surface area contributed by atoms with Crippen LogP contribution in [-0.4, -0.2) is 34.0 Å². The number of piperidine rings is 1. The van der Waals surface area contributed by atoms with Crippen LogP contribution in [0.5, 0.6) is 0 Å². The molecule has 1 saturated carbocycles. The summed E-state index contributed by atoms with van der Waals surface area (Å²) < 4.78 is 0. The Labute approximate surface area is 130 Å². The average molecular weight is 308 g/mol. The van der Waals surface area contributed by atoms with Gasteiger partial charge in [-0.2, -0.15) is 0 Å². The van der Waals surface area contributed by atoms with E-state index in [9.17, 15) is 4.79 Å². The third kappa shape index (κ3) is 4.04. The fourth-order valence-electron chi connectivity index (χ4n) is 3.18.